The zero-order valence-electron chi connectivity index (χ0n) is 13.8. The van der Waals surface area contributed by atoms with E-state index in [2.05, 4.69) is 36.4 Å². The molecule has 0 N–H and O–H groups in total. The van der Waals surface area contributed by atoms with Crippen LogP contribution in [0.3, 0.4) is 0 Å². The van der Waals surface area contributed by atoms with E-state index in [0.717, 1.165) is 24.2 Å². The van der Waals surface area contributed by atoms with Crippen LogP contribution in [0.15, 0.2) is 48.5 Å². The largest absolute Gasteiger partial charge is 0.497 e. The summed E-state index contributed by atoms with van der Waals surface area (Å²) in [5.74, 6) is 0.297. The minimum atomic E-state index is -0.595. The van der Waals surface area contributed by atoms with Gasteiger partial charge in [-0.2, -0.15) is 0 Å². The van der Waals surface area contributed by atoms with Crippen LogP contribution in [-0.4, -0.2) is 19.0 Å². The van der Waals surface area contributed by atoms with Gasteiger partial charge in [0.05, 0.1) is 13.2 Å². The summed E-state index contributed by atoms with van der Waals surface area (Å²) >= 11 is 0. The summed E-state index contributed by atoms with van der Waals surface area (Å²) < 4.78 is 18.2. The zero-order chi connectivity index (χ0) is 16.1. The highest BCUT2D eigenvalue weighted by atomic mass is 16.8. The molecule has 4 rings (SSSR count). The predicted molar refractivity (Wildman–Crippen MR) is 88.6 cm³/mol. The molecule has 2 unspecified atom stereocenters. The normalized spacial score (nSPS) is 28.0. The van der Waals surface area contributed by atoms with Gasteiger partial charge in [-0.05, 0) is 55.5 Å². The number of methoxy groups -OCH3 is 1. The molecule has 0 radical (unpaired) electrons. The molecular weight excluding hydrogens is 288 g/mol. The third-order valence-corrected chi connectivity index (χ3v) is 4.88. The first kappa shape index (κ1) is 14.7. The van der Waals surface area contributed by atoms with Crippen LogP contribution in [0.2, 0.25) is 0 Å². The maximum Gasteiger partial charge on any atom is 0.165 e. The molecule has 0 spiro atoms. The van der Waals surface area contributed by atoms with Crippen molar-refractivity contribution in [3.8, 4) is 5.75 Å². The minimum absolute atomic E-state index is 0.0285. The van der Waals surface area contributed by atoms with Gasteiger partial charge in [-0.25, -0.2) is 0 Å². The molecule has 2 atom stereocenters. The van der Waals surface area contributed by atoms with Gasteiger partial charge in [0.1, 0.15) is 11.4 Å². The molecule has 2 aliphatic rings. The van der Waals surface area contributed by atoms with Crippen molar-refractivity contribution in [2.45, 2.75) is 44.2 Å². The van der Waals surface area contributed by atoms with E-state index in [-0.39, 0.29) is 6.10 Å². The van der Waals surface area contributed by atoms with E-state index in [9.17, 15) is 0 Å². The van der Waals surface area contributed by atoms with Crippen LogP contribution in [0.25, 0.3) is 0 Å². The van der Waals surface area contributed by atoms with Gasteiger partial charge >= 0.3 is 0 Å². The topological polar surface area (TPSA) is 27.7 Å². The number of hydrogen-bond donors (Lipinski definition) is 0. The zero-order valence-corrected chi connectivity index (χ0v) is 13.8. The average Bonchev–Trinajstić information content (AvgIpc) is 2.86. The number of ether oxygens (including phenoxy) is 3. The van der Waals surface area contributed by atoms with Crippen molar-refractivity contribution in [2.75, 3.05) is 7.11 Å². The van der Waals surface area contributed by atoms with Crippen molar-refractivity contribution in [2.24, 2.45) is 0 Å². The molecule has 3 heteroatoms. The van der Waals surface area contributed by atoms with Gasteiger partial charge in [0, 0.05) is 0 Å². The highest BCUT2D eigenvalue weighted by molar-refractivity contribution is 5.48. The van der Waals surface area contributed by atoms with Crippen LogP contribution in [-0.2, 0) is 21.5 Å². The maximum atomic E-state index is 6.56. The van der Waals surface area contributed by atoms with Gasteiger partial charge in [-0.3, -0.25) is 0 Å². The number of aryl methyl sites for hydroxylation is 1. The maximum absolute atomic E-state index is 6.56. The van der Waals surface area contributed by atoms with Crippen molar-refractivity contribution in [3.63, 3.8) is 0 Å². The van der Waals surface area contributed by atoms with E-state index >= 15 is 0 Å². The smallest absolute Gasteiger partial charge is 0.165 e. The molecule has 23 heavy (non-hydrogen) atoms. The standard InChI is InChI=1S/C20H22O3/c1-19(2)22-18-12-9-14-13-16(21-3)10-11-17(14)20(18,23-19)15-7-5-4-6-8-15/h4-8,10-11,13,18H,9,12H2,1-3H3. The fraction of sp³-hybridized carbons (Fsp3) is 0.400. The Morgan fingerprint density at radius 3 is 2.61 bits per heavy atom. The lowest BCUT2D eigenvalue weighted by Gasteiger charge is -2.39. The van der Waals surface area contributed by atoms with Crippen molar-refractivity contribution in [1.29, 1.82) is 0 Å². The highest BCUT2D eigenvalue weighted by Crippen LogP contribution is 2.53. The SMILES string of the molecule is COc1ccc2c(c1)CCC1OC(C)(C)OC21c1ccccc1. The van der Waals surface area contributed by atoms with Gasteiger partial charge in [-0.15, -0.1) is 0 Å². The molecule has 3 nitrogen and oxygen atoms in total. The van der Waals surface area contributed by atoms with E-state index in [1.165, 1.54) is 11.1 Å². The molecule has 0 aromatic heterocycles. The van der Waals surface area contributed by atoms with Gasteiger partial charge in [0.25, 0.3) is 0 Å². The first-order valence-corrected chi connectivity index (χ1v) is 8.16. The minimum Gasteiger partial charge on any atom is -0.497 e. The molecule has 2 aromatic rings. The van der Waals surface area contributed by atoms with Crippen LogP contribution in [0.5, 0.6) is 5.75 Å². The number of rotatable bonds is 2. The Morgan fingerprint density at radius 2 is 1.87 bits per heavy atom. The van der Waals surface area contributed by atoms with Crippen LogP contribution in [0, 0.1) is 0 Å². The number of benzene rings is 2. The van der Waals surface area contributed by atoms with E-state index in [1.54, 1.807) is 7.11 Å². The molecule has 1 saturated heterocycles. The summed E-state index contributed by atoms with van der Waals surface area (Å²) in [4.78, 5) is 0. The second-order valence-electron chi connectivity index (χ2n) is 6.77. The lowest BCUT2D eigenvalue weighted by Crippen LogP contribution is -2.42. The van der Waals surface area contributed by atoms with Crippen LogP contribution in [0.4, 0.5) is 0 Å². The Labute approximate surface area is 137 Å². The van der Waals surface area contributed by atoms with Gasteiger partial charge < -0.3 is 14.2 Å². The van der Waals surface area contributed by atoms with Crippen LogP contribution in [0.1, 0.15) is 37.0 Å². The molecule has 0 amide bonds. The lowest BCUT2D eigenvalue weighted by atomic mass is 9.73. The molecule has 1 heterocycles. The lowest BCUT2D eigenvalue weighted by molar-refractivity contribution is -0.157. The Hall–Kier alpha value is -1.84. The van der Waals surface area contributed by atoms with Crippen LogP contribution >= 0.6 is 0 Å². The van der Waals surface area contributed by atoms with E-state index in [1.807, 2.05) is 26.0 Å². The highest BCUT2D eigenvalue weighted by Gasteiger charge is 2.57. The van der Waals surface area contributed by atoms with Crippen LogP contribution < -0.4 is 4.74 Å². The van der Waals surface area contributed by atoms with Crippen molar-refractivity contribution in [1.82, 2.24) is 0 Å². The fourth-order valence-electron chi connectivity index (χ4n) is 4.03. The van der Waals surface area contributed by atoms with E-state index in [0.29, 0.717) is 0 Å². The molecule has 1 aliphatic carbocycles. The summed E-state index contributed by atoms with van der Waals surface area (Å²) in [5, 5.41) is 0. The molecular formula is C20H22O3. The second-order valence-corrected chi connectivity index (χ2v) is 6.77. The Kier molecular flexibility index (Phi) is 3.26. The molecule has 1 aliphatic heterocycles. The summed E-state index contributed by atoms with van der Waals surface area (Å²) in [5.41, 5.74) is 3.10. The molecule has 1 fully saturated rings. The third kappa shape index (κ3) is 2.19. The van der Waals surface area contributed by atoms with E-state index in [4.69, 9.17) is 14.2 Å². The monoisotopic (exact) mass is 310 g/mol. The summed E-state index contributed by atoms with van der Waals surface area (Å²) in [7, 11) is 1.71. The van der Waals surface area contributed by atoms with Crippen molar-refractivity contribution in [3.05, 3.63) is 65.2 Å². The second kappa shape index (κ2) is 5.08. The van der Waals surface area contributed by atoms with Gasteiger partial charge in [0.15, 0.2) is 5.79 Å². The summed E-state index contributed by atoms with van der Waals surface area (Å²) in [6.45, 7) is 4.00. The Balaban J connectivity index is 1.94. The van der Waals surface area contributed by atoms with E-state index < -0.39 is 11.4 Å². The van der Waals surface area contributed by atoms with Gasteiger partial charge in [0.2, 0.25) is 0 Å². The Bertz CT molecular complexity index is 723. The first-order chi connectivity index (χ1) is 11.0. The third-order valence-electron chi connectivity index (χ3n) is 4.88. The van der Waals surface area contributed by atoms with Crippen molar-refractivity contribution < 1.29 is 14.2 Å². The Morgan fingerprint density at radius 1 is 1.09 bits per heavy atom. The summed E-state index contributed by atoms with van der Waals surface area (Å²) in [6, 6.07) is 16.7. The summed E-state index contributed by atoms with van der Waals surface area (Å²) in [6.07, 6.45) is 1.95. The quantitative estimate of drug-likeness (QED) is 0.838. The molecule has 0 bridgehead atoms. The predicted octanol–water partition coefficient (Wildman–Crippen LogP) is 4.04. The molecule has 120 valence electrons. The average molecular weight is 310 g/mol. The van der Waals surface area contributed by atoms with Gasteiger partial charge in [-0.1, -0.05) is 36.4 Å². The number of hydrogen-bond acceptors (Lipinski definition) is 3. The fourth-order valence-corrected chi connectivity index (χ4v) is 4.03. The van der Waals surface area contributed by atoms with Crippen molar-refractivity contribution >= 4 is 0 Å². The number of fused-ring (bicyclic) bond motifs is 3. The first-order valence-electron chi connectivity index (χ1n) is 8.16. The molecule has 2 aromatic carbocycles. The molecule has 0 saturated carbocycles.